The highest BCUT2D eigenvalue weighted by atomic mass is 19.4. The number of nitrogens with zero attached hydrogens (tertiary/aromatic N) is 2. The molecule has 1 amide bonds. The molecule has 0 aliphatic rings. The molecule has 5 rings (SSSR count). The number of hydrogen-bond donors (Lipinski definition) is 3. The summed E-state index contributed by atoms with van der Waals surface area (Å²) in [7, 11) is 1.34. The molecule has 5 aromatic rings. The number of alkyl halides is 3. The monoisotopic (exact) mass is 509 g/mol. The first-order chi connectivity index (χ1) is 17.8. The lowest BCUT2D eigenvalue weighted by Gasteiger charge is -2.11. The van der Waals surface area contributed by atoms with Crippen LogP contribution in [0.25, 0.3) is 33.3 Å². The van der Waals surface area contributed by atoms with Crippen molar-refractivity contribution in [3.05, 3.63) is 77.4 Å². The normalized spacial score (nSPS) is 11.8. The summed E-state index contributed by atoms with van der Waals surface area (Å²) in [5.74, 6) is -0.115. The van der Waals surface area contributed by atoms with Gasteiger partial charge in [-0.1, -0.05) is 18.2 Å². The van der Waals surface area contributed by atoms with E-state index in [1.54, 1.807) is 6.07 Å². The Balaban J connectivity index is 1.42. The highest BCUT2D eigenvalue weighted by Crippen LogP contribution is 2.37. The smallest absolute Gasteiger partial charge is 0.433 e. The highest BCUT2D eigenvalue weighted by molar-refractivity contribution is 5.98. The number of amides is 1. The number of oxazole rings is 1. The van der Waals surface area contributed by atoms with E-state index in [1.807, 2.05) is 30.5 Å². The molecule has 0 atom stereocenters. The van der Waals surface area contributed by atoms with E-state index in [0.717, 1.165) is 22.5 Å². The van der Waals surface area contributed by atoms with Gasteiger partial charge in [0.25, 0.3) is 5.91 Å². The quantitative estimate of drug-likeness (QED) is 0.289. The van der Waals surface area contributed by atoms with Crippen LogP contribution in [0.5, 0.6) is 5.75 Å². The van der Waals surface area contributed by atoms with Crippen LogP contribution >= 0.6 is 0 Å². The van der Waals surface area contributed by atoms with Gasteiger partial charge in [0.15, 0.2) is 11.5 Å². The predicted molar refractivity (Wildman–Crippen MR) is 131 cm³/mol. The summed E-state index contributed by atoms with van der Waals surface area (Å²) < 4.78 is 50.7. The Hall–Kier alpha value is -4.38. The molecule has 190 valence electrons. The van der Waals surface area contributed by atoms with Crippen molar-refractivity contribution in [2.75, 3.05) is 13.7 Å². The molecule has 2 aromatic carbocycles. The number of carbonyl (C=O) groups excluding carboxylic acids is 1. The van der Waals surface area contributed by atoms with Crippen molar-refractivity contribution in [3.8, 4) is 17.2 Å². The van der Waals surface area contributed by atoms with Gasteiger partial charge in [0.2, 0.25) is 5.89 Å². The zero-order chi connectivity index (χ0) is 26.2. The molecule has 3 heterocycles. The Kier molecular flexibility index (Phi) is 6.30. The van der Waals surface area contributed by atoms with Crippen LogP contribution in [0, 0.1) is 0 Å². The third kappa shape index (κ3) is 4.60. The van der Waals surface area contributed by atoms with Gasteiger partial charge in [-0.25, -0.2) is 9.97 Å². The second-order valence-electron chi connectivity index (χ2n) is 8.27. The molecule has 0 aliphatic carbocycles. The van der Waals surface area contributed by atoms with Crippen molar-refractivity contribution in [1.29, 1.82) is 0 Å². The first-order valence-electron chi connectivity index (χ1n) is 11.4. The Morgan fingerprint density at radius 2 is 1.92 bits per heavy atom. The SMILES string of the molecule is COc1ccc(-c2nc(C(=O)NCCc3c[nH]c4ccccc34)c(CN)o2)c2ccc(C(F)(F)F)nc12. The van der Waals surface area contributed by atoms with Crippen molar-refractivity contribution in [2.45, 2.75) is 19.1 Å². The van der Waals surface area contributed by atoms with Crippen LogP contribution in [0.15, 0.2) is 59.1 Å². The fourth-order valence-corrected chi connectivity index (χ4v) is 4.22. The molecule has 0 radical (unpaired) electrons. The second kappa shape index (κ2) is 9.58. The number of benzene rings is 2. The lowest BCUT2D eigenvalue weighted by atomic mass is 10.1. The number of pyridine rings is 1. The van der Waals surface area contributed by atoms with Gasteiger partial charge >= 0.3 is 6.18 Å². The van der Waals surface area contributed by atoms with E-state index in [9.17, 15) is 18.0 Å². The summed E-state index contributed by atoms with van der Waals surface area (Å²) in [5.41, 5.74) is 7.18. The number of hydrogen-bond acceptors (Lipinski definition) is 6. The number of aromatic nitrogens is 3. The Labute approximate surface area is 208 Å². The Morgan fingerprint density at radius 3 is 2.68 bits per heavy atom. The van der Waals surface area contributed by atoms with Crippen molar-refractivity contribution in [2.24, 2.45) is 5.73 Å². The van der Waals surface area contributed by atoms with Crippen LogP contribution in [0.4, 0.5) is 13.2 Å². The third-order valence-corrected chi connectivity index (χ3v) is 6.01. The lowest BCUT2D eigenvalue weighted by molar-refractivity contribution is -0.140. The first-order valence-corrected chi connectivity index (χ1v) is 11.4. The summed E-state index contributed by atoms with van der Waals surface area (Å²) in [6, 6.07) is 13.1. The topological polar surface area (TPSA) is 119 Å². The minimum absolute atomic E-state index is 0.00736. The number of nitrogens with one attached hydrogen (secondary N) is 2. The molecule has 4 N–H and O–H groups in total. The van der Waals surface area contributed by atoms with Gasteiger partial charge in [-0.2, -0.15) is 13.2 Å². The van der Waals surface area contributed by atoms with Gasteiger partial charge in [0.05, 0.1) is 13.7 Å². The van der Waals surface area contributed by atoms with Gasteiger partial charge < -0.3 is 25.2 Å². The fraction of sp³-hybridized carbons (Fsp3) is 0.192. The zero-order valence-corrected chi connectivity index (χ0v) is 19.6. The molecule has 11 heteroatoms. The molecule has 37 heavy (non-hydrogen) atoms. The van der Waals surface area contributed by atoms with Gasteiger partial charge in [0, 0.05) is 34.6 Å². The fourth-order valence-electron chi connectivity index (χ4n) is 4.22. The van der Waals surface area contributed by atoms with E-state index in [2.05, 4.69) is 20.3 Å². The average Bonchev–Trinajstić information content (AvgIpc) is 3.51. The molecule has 3 aromatic heterocycles. The van der Waals surface area contributed by atoms with Crippen molar-refractivity contribution < 1.29 is 27.1 Å². The van der Waals surface area contributed by atoms with Gasteiger partial charge in [-0.15, -0.1) is 0 Å². The van der Waals surface area contributed by atoms with Gasteiger partial charge in [0.1, 0.15) is 17.0 Å². The standard InChI is InChI=1S/C26H22F3N5O3/c1-36-19-8-6-17(16-7-9-21(26(27,28)29)33-22(16)19)25-34-23(20(12-30)37-25)24(35)31-11-10-14-13-32-18-5-3-2-4-15(14)18/h2-9,13,32H,10-12,30H2,1H3,(H,31,35). The Morgan fingerprint density at radius 1 is 1.11 bits per heavy atom. The highest BCUT2D eigenvalue weighted by Gasteiger charge is 2.33. The van der Waals surface area contributed by atoms with Crippen molar-refractivity contribution in [1.82, 2.24) is 20.3 Å². The van der Waals surface area contributed by atoms with Crippen LogP contribution in [-0.4, -0.2) is 34.5 Å². The molecule has 8 nitrogen and oxygen atoms in total. The van der Waals surface area contributed by atoms with E-state index in [1.165, 1.54) is 19.2 Å². The lowest BCUT2D eigenvalue weighted by Crippen LogP contribution is -2.27. The van der Waals surface area contributed by atoms with E-state index in [4.69, 9.17) is 14.9 Å². The van der Waals surface area contributed by atoms with E-state index < -0.39 is 17.8 Å². The third-order valence-electron chi connectivity index (χ3n) is 6.01. The van der Waals surface area contributed by atoms with Crippen LogP contribution in [-0.2, 0) is 19.1 Å². The number of methoxy groups -OCH3 is 1. The molecule has 0 aliphatic heterocycles. The average molecular weight is 509 g/mol. The minimum Gasteiger partial charge on any atom is -0.494 e. The number of ether oxygens (including phenoxy) is 1. The zero-order valence-electron chi connectivity index (χ0n) is 19.6. The maximum atomic E-state index is 13.2. The number of rotatable bonds is 7. The number of nitrogens with two attached hydrogens (primary N) is 1. The molecule has 0 fully saturated rings. The van der Waals surface area contributed by atoms with Gasteiger partial charge in [-0.3, -0.25) is 4.79 Å². The van der Waals surface area contributed by atoms with Crippen LogP contribution in [0.1, 0.15) is 27.5 Å². The molecule has 0 saturated carbocycles. The van der Waals surface area contributed by atoms with Crippen molar-refractivity contribution >= 4 is 27.7 Å². The summed E-state index contributed by atoms with van der Waals surface area (Å²) in [6.07, 6.45) is -2.12. The van der Waals surface area contributed by atoms with Crippen LogP contribution in [0.2, 0.25) is 0 Å². The largest absolute Gasteiger partial charge is 0.494 e. The second-order valence-corrected chi connectivity index (χ2v) is 8.27. The summed E-state index contributed by atoms with van der Waals surface area (Å²) in [4.78, 5) is 24.2. The summed E-state index contributed by atoms with van der Waals surface area (Å²) in [5, 5.41) is 4.24. The van der Waals surface area contributed by atoms with Crippen LogP contribution in [0.3, 0.4) is 0 Å². The van der Waals surface area contributed by atoms with Crippen LogP contribution < -0.4 is 15.8 Å². The number of fused-ring (bicyclic) bond motifs is 2. The molecule has 0 unspecified atom stereocenters. The minimum atomic E-state index is -4.62. The number of para-hydroxylation sites is 1. The molecule has 0 bridgehead atoms. The molecule has 0 saturated heterocycles. The molecule has 0 spiro atoms. The first kappa shape index (κ1) is 24.3. The Bertz CT molecular complexity index is 1610. The summed E-state index contributed by atoms with van der Waals surface area (Å²) >= 11 is 0. The number of H-pyrrole nitrogens is 1. The maximum Gasteiger partial charge on any atom is 0.433 e. The number of halogens is 3. The van der Waals surface area contributed by atoms with E-state index >= 15 is 0 Å². The number of aromatic amines is 1. The summed E-state index contributed by atoms with van der Waals surface area (Å²) in [6.45, 7) is 0.255. The maximum absolute atomic E-state index is 13.2. The predicted octanol–water partition coefficient (Wildman–Crippen LogP) is 4.83. The number of carbonyl (C=O) groups is 1. The van der Waals surface area contributed by atoms with E-state index in [0.29, 0.717) is 23.9 Å². The van der Waals surface area contributed by atoms with Gasteiger partial charge in [-0.05, 0) is 42.3 Å². The molecular weight excluding hydrogens is 487 g/mol. The van der Waals surface area contributed by atoms with Crippen molar-refractivity contribution in [3.63, 3.8) is 0 Å². The van der Waals surface area contributed by atoms with E-state index in [-0.39, 0.29) is 35.2 Å². The molecular formula is C26H22F3N5O3.